The van der Waals surface area contributed by atoms with Crippen molar-refractivity contribution in [1.82, 2.24) is 0 Å². The van der Waals surface area contributed by atoms with Crippen molar-refractivity contribution in [3.05, 3.63) is 0 Å². The van der Waals surface area contributed by atoms with Crippen LogP contribution in [0.1, 0.15) is 86.0 Å². The highest BCUT2D eigenvalue weighted by Gasteiger charge is 2.54. The lowest BCUT2D eigenvalue weighted by Gasteiger charge is -2.37. The molecular weight excluding hydrogens is 374 g/mol. The van der Waals surface area contributed by atoms with Crippen LogP contribution in [-0.2, 0) is 28.6 Å². The molecule has 0 aromatic heterocycles. The molecule has 0 saturated heterocycles. The van der Waals surface area contributed by atoms with Crippen LogP contribution in [-0.4, -0.2) is 42.8 Å². The normalized spacial score (nSPS) is 16.8. The summed E-state index contributed by atoms with van der Waals surface area (Å²) in [5.41, 5.74) is 4.23. The van der Waals surface area contributed by atoms with Gasteiger partial charge in [-0.3, -0.25) is 14.4 Å². The third-order valence-corrected chi connectivity index (χ3v) is 5.33. The third kappa shape index (κ3) is 7.61. The van der Waals surface area contributed by atoms with Gasteiger partial charge in [0.2, 0.25) is 0 Å². The van der Waals surface area contributed by atoms with Gasteiger partial charge in [0.1, 0.15) is 5.60 Å². The monoisotopic (exact) mass is 413 g/mol. The van der Waals surface area contributed by atoms with E-state index in [4.69, 9.17) is 19.9 Å². The molecule has 0 spiro atoms. The van der Waals surface area contributed by atoms with Gasteiger partial charge in [-0.1, -0.05) is 32.1 Å². The average molecular weight is 414 g/mol. The fourth-order valence-corrected chi connectivity index (χ4v) is 3.98. The molecule has 0 bridgehead atoms. The molecule has 1 rings (SSSR count). The maximum Gasteiger partial charge on any atom is 0.325 e. The van der Waals surface area contributed by atoms with Gasteiger partial charge in [0.15, 0.2) is 5.41 Å². The Morgan fingerprint density at radius 2 is 1.48 bits per heavy atom. The van der Waals surface area contributed by atoms with E-state index in [9.17, 15) is 14.4 Å². The van der Waals surface area contributed by atoms with E-state index in [-0.39, 0.29) is 32.0 Å². The molecule has 168 valence electrons. The van der Waals surface area contributed by atoms with Crippen molar-refractivity contribution in [2.75, 3.05) is 13.2 Å². The second kappa shape index (κ2) is 11.5. The molecule has 0 radical (unpaired) electrons. The minimum Gasteiger partial charge on any atom is -0.465 e. The molecule has 2 N–H and O–H groups in total. The lowest BCUT2D eigenvalue weighted by molar-refractivity contribution is -0.177. The van der Waals surface area contributed by atoms with Crippen molar-refractivity contribution in [2.24, 2.45) is 17.1 Å². The summed E-state index contributed by atoms with van der Waals surface area (Å²) in [5, 5.41) is 0. The van der Waals surface area contributed by atoms with Crippen LogP contribution in [0.2, 0.25) is 0 Å². The van der Waals surface area contributed by atoms with Gasteiger partial charge in [0, 0.05) is 12.5 Å². The molecule has 0 heterocycles. The SMILES string of the molecule is CCOC(=O)C(CC1CCCCC1)(C(=O)OCC)C(N)CCC(=O)OC(C)(C)C. The number of hydrogen-bond donors (Lipinski definition) is 1. The minimum absolute atomic E-state index is 0.0175. The standard InChI is InChI=1S/C22H39NO6/c1-6-27-19(25)22(20(26)28-7-2,15-16-11-9-8-10-12-16)17(23)13-14-18(24)29-21(3,4)5/h16-17H,6-15,23H2,1-5H3. The summed E-state index contributed by atoms with van der Waals surface area (Å²) in [5.74, 6) is -1.52. The van der Waals surface area contributed by atoms with Crippen LogP contribution in [0.25, 0.3) is 0 Å². The second-order valence-corrected chi connectivity index (χ2v) is 8.85. The van der Waals surface area contributed by atoms with E-state index >= 15 is 0 Å². The van der Waals surface area contributed by atoms with Gasteiger partial charge in [-0.15, -0.1) is 0 Å². The Bertz CT molecular complexity index is 530. The summed E-state index contributed by atoms with van der Waals surface area (Å²) in [4.78, 5) is 38.3. The predicted molar refractivity (Wildman–Crippen MR) is 110 cm³/mol. The molecule has 0 aliphatic heterocycles. The Morgan fingerprint density at radius 3 is 1.93 bits per heavy atom. The molecule has 1 aliphatic carbocycles. The van der Waals surface area contributed by atoms with E-state index < -0.39 is 35.0 Å². The van der Waals surface area contributed by atoms with Crippen molar-refractivity contribution in [2.45, 2.75) is 97.6 Å². The summed E-state index contributed by atoms with van der Waals surface area (Å²) in [6.07, 6.45) is 5.63. The van der Waals surface area contributed by atoms with Gasteiger partial charge < -0.3 is 19.9 Å². The van der Waals surface area contributed by atoms with Crippen molar-refractivity contribution < 1.29 is 28.6 Å². The molecule has 0 aromatic carbocycles. The topological polar surface area (TPSA) is 105 Å². The fraction of sp³-hybridized carbons (Fsp3) is 0.864. The van der Waals surface area contributed by atoms with Crippen LogP contribution in [0.4, 0.5) is 0 Å². The van der Waals surface area contributed by atoms with Gasteiger partial charge in [-0.05, 0) is 53.4 Å². The highest BCUT2D eigenvalue weighted by molar-refractivity contribution is 6.01. The van der Waals surface area contributed by atoms with Crippen molar-refractivity contribution >= 4 is 17.9 Å². The van der Waals surface area contributed by atoms with E-state index in [0.29, 0.717) is 6.42 Å². The molecule has 7 heteroatoms. The largest absolute Gasteiger partial charge is 0.465 e. The zero-order chi connectivity index (χ0) is 22.1. The third-order valence-electron chi connectivity index (χ3n) is 5.33. The number of rotatable bonds is 10. The van der Waals surface area contributed by atoms with Gasteiger partial charge in [-0.2, -0.15) is 0 Å². The highest BCUT2D eigenvalue weighted by Crippen LogP contribution is 2.40. The second-order valence-electron chi connectivity index (χ2n) is 8.85. The fourth-order valence-electron chi connectivity index (χ4n) is 3.98. The van der Waals surface area contributed by atoms with Crippen molar-refractivity contribution in [3.8, 4) is 0 Å². The zero-order valence-corrected chi connectivity index (χ0v) is 18.8. The number of hydrogen-bond acceptors (Lipinski definition) is 7. The smallest absolute Gasteiger partial charge is 0.325 e. The first-order chi connectivity index (χ1) is 13.6. The first-order valence-corrected chi connectivity index (χ1v) is 10.9. The number of nitrogens with two attached hydrogens (primary N) is 1. The Hall–Kier alpha value is -1.63. The highest BCUT2D eigenvalue weighted by atomic mass is 16.6. The summed E-state index contributed by atoms with van der Waals surface area (Å²) in [7, 11) is 0. The van der Waals surface area contributed by atoms with Crippen LogP contribution in [0, 0.1) is 11.3 Å². The zero-order valence-electron chi connectivity index (χ0n) is 18.8. The van der Waals surface area contributed by atoms with Crippen LogP contribution in [0.15, 0.2) is 0 Å². The quantitative estimate of drug-likeness (QED) is 0.332. The van der Waals surface area contributed by atoms with Gasteiger partial charge in [0.25, 0.3) is 0 Å². The Morgan fingerprint density at radius 1 is 0.966 bits per heavy atom. The molecule has 0 amide bonds. The number of carbonyl (C=O) groups is 3. The molecule has 1 fully saturated rings. The van der Waals surface area contributed by atoms with Crippen molar-refractivity contribution in [1.29, 1.82) is 0 Å². The minimum atomic E-state index is -1.60. The van der Waals surface area contributed by atoms with Crippen LogP contribution in [0.5, 0.6) is 0 Å². The van der Waals surface area contributed by atoms with E-state index in [1.54, 1.807) is 34.6 Å². The first kappa shape index (κ1) is 25.4. The predicted octanol–water partition coefficient (Wildman–Crippen LogP) is 3.52. The lowest BCUT2D eigenvalue weighted by atomic mass is 9.69. The molecule has 1 unspecified atom stereocenters. The van der Waals surface area contributed by atoms with Crippen molar-refractivity contribution in [3.63, 3.8) is 0 Å². The Kier molecular flexibility index (Phi) is 10.1. The number of carbonyl (C=O) groups excluding carboxylic acids is 3. The van der Waals surface area contributed by atoms with Crippen LogP contribution in [0.3, 0.4) is 0 Å². The van der Waals surface area contributed by atoms with Gasteiger partial charge in [0.05, 0.1) is 13.2 Å². The van der Waals surface area contributed by atoms with Crippen LogP contribution >= 0.6 is 0 Å². The maximum atomic E-state index is 13.1. The molecule has 1 saturated carbocycles. The summed E-state index contributed by atoms with van der Waals surface area (Å²) >= 11 is 0. The maximum absolute atomic E-state index is 13.1. The van der Waals surface area contributed by atoms with E-state index in [2.05, 4.69) is 0 Å². The first-order valence-electron chi connectivity index (χ1n) is 10.9. The van der Waals surface area contributed by atoms with Crippen LogP contribution < -0.4 is 5.73 Å². The molecule has 29 heavy (non-hydrogen) atoms. The summed E-state index contributed by atoms with van der Waals surface area (Å²) < 4.78 is 15.9. The number of esters is 3. The summed E-state index contributed by atoms with van der Waals surface area (Å²) in [6, 6.07) is -0.893. The van der Waals surface area contributed by atoms with E-state index in [0.717, 1.165) is 32.1 Å². The number of ether oxygens (including phenoxy) is 3. The average Bonchev–Trinajstić information content (AvgIpc) is 2.64. The van der Waals surface area contributed by atoms with Gasteiger partial charge >= 0.3 is 17.9 Å². The molecule has 1 aliphatic rings. The van der Waals surface area contributed by atoms with Gasteiger partial charge in [-0.25, -0.2) is 0 Å². The molecular formula is C22H39NO6. The summed E-state index contributed by atoms with van der Waals surface area (Å²) in [6.45, 7) is 9.04. The Balaban J connectivity index is 3.10. The van der Waals surface area contributed by atoms with E-state index in [1.807, 2.05) is 0 Å². The molecule has 0 aromatic rings. The molecule has 1 atom stereocenters. The van der Waals surface area contributed by atoms with E-state index in [1.165, 1.54) is 0 Å². The lowest BCUT2D eigenvalue weighted by Crippen LogP contribution is -2.56. The Labute approximate surface area is 175 Å². The molecule has 7 nitrogen and oxygen atoms in total.